The quantitative estimate of drug-likeness (QED) is 0.495. The standard InChI is InChI=1S/C6H13NS.C4H4O4/c1-7-4-2-3-6(8)5-7;5-3(6)1-2-4(7)8/h6,8H,2-5H2,1H3;1-2H,(H,5,6)(H,7,8)/b;2-1+. The topological polar surface area (TPSA) is 77.8 Å². The van der Waals surface area contributed by atoms with E-state index in [0.717, 1.165) is 0 Å². The second kappa shape index (κ2) is 8.18. The van der Waals surface area contributed by atoms with Gasteiger partial charge in [-0.25, -0.2) is 9.59 Å². The van der Waals surface area contributed by atoms with Crippen molar-refractivity contribution in [3.63, 3.8) is 0 Å². The molecule has 2 N–H and O–H groups in total. The van der Waals surface area contributed by atoms with E-state index in [4.69, 9.17) is 10.2 Å². The second-order valence-electron chi connectivity index (χ2n) is 3.57. The lowest BCUT2D eigenvalue weighted by Crippen LogP contribution is -2.32. The lowest BCUT2D eigenvalue weighted by Gasteiger charge is -2.26. The highest BCUT2D eigenvalue weighted by molar-refractivity contribution is 7.81. The van der Waals surface area contributed by atoms with Crippen LogP contribution in [0.2, 0.25) is 0 Å². The van der Waals surface area contributed by atoms with E-state index in [0.29, 0.717) is 17.4 Å². The monoisotopic (exact) mass is 247 g/mol. The summed E-state index contributed by atoms with van der Waals surface area (Å²) in [5.74, 6) is -2.51. The third-order valence-corrected chi connectivity index (χ3v) is 2.39. The molecular weight excluding hydrogens is 230 g/mol. The van der Waals surface area contributed by atoms with Crippen LogP contribution in [0.15, 0.2) is 12.2 Å². The zero-order chi connectivity index (χ0) is 12.6. The van der Waals surface area contributed by atoms with Gasteiger partial charge in [-0.15, -0.1) is 0 Å². The molecule has 0 bridgehead atoms. The summed E-state index contributed by atoms with van der Waals surface area (Å²) in [6.07, 6.45) is 3.74. The van der Waals surface area contributed by atoms with Gasteiger partial charge in [-0.2, -0.15) is 12.6 Å². The number of rotatable bonds is 2. The molecule has 16 heavy (non-hydrogen) atoms. The first kappa shape index (κ1) is 15.0. The van der Waals surface area contributed by atoms with Gasteiger partial charge in [-0.3, -0.25) is 0 Å². The smallest absolute Gasteiger partial charge is 0.328 e. The molecule has 0 aromatic heterocycles. The van der Waals surface area contributed by atoms with Crippen molar-refractivity contribution in [2.24, 2.45) is 0 Å². The van der Waals surface area contributed by atoms with Crippen molar-refractivity contribution in [1.29, 1.82) is 0 Å². The van der Waals surface area contributed by atoms with Crippen molar-refractivity contribution in [2.45, 2.75) is 18.1 Å². The summed E-state index contributed by atoms with van der Waals surface area (Å²) in [7, 11) is 2.16. The van der Waals surface area contributed by atoms with E-state index in [-0.39, 0.29) is 0 Å². The summed E-state index contributed by atoms with van der Waals surface area (Å²) in [6, 6.07) is 0. The molecule has 92 valence electrons. The Kier molecular flexibility index (Phi) is 7.66. The fourth-order valence-corrected chi connectivity index (χ4v) is 1.74. The number of hydrogen-bond donors (Lipinski definition) is 3. The minimum Gasteiger partial charge on any atom is -0.478 e. The fraction of sp³-hybridized carbons (Fsp3) is 0.600. The van der Waals surface area contributed by atoms with E-state index in [1.807, 2.05) is 0 Å². The average Bonchev–Trinajstić information content (AvgIpc) is 2.15. The largest absolute Gasteiger partial charge is 0.478 e. The summed E-state index contributed by atoms with van der Waals surface area (Å²) in [5, 5.41) is 16.3. The lowest BCUT2D eigenvalue weighted by molar-refractivity contribution is -0.134. The van der Waals surface area contributed by atoms with Crippen LogP contribution in [0.3, 0.4) is 0 Å². The van der Waals surface area contributed by atoms with E-state index in [9.17, 15) is 9.59 Å². The number of aliphatic carboxylic acids is 2. The van der Waals surface area contributed by atoms with Gasteiger partial charge in [-0.1, -0.05) is 0 Å². The molecule has 0 aromatic rings. The van der Waals surface area contributed by atoms with E-state index in [1.54, 1.807) is 0 Å². The van der Waals surface area contributed by atoms with Crippen LogP contribution < -0.4 is 0 Å². The van der Waals surface area contributed by atoms with Crippen molar-refractivity contribution in [1.82, 2.24) is 4.90 Å². The van der Waals surface area contributed by atoms with Gasteiger partial charge in [0.25, 0.3) is 0 Å². The Bertz CT molecular complexity index is 244. The maximum Gasteiger partial charge on any atom is 0.328 e. The summed E-state index contributed by atoms with van der Waals surface area (Å²) in [5.41, 5.74) is 0. The zero-order valence-electron chi connectivity index (χ0n) is 9.17. The number of piperidine rings is 1. The van der Waals surface area contributed by atoms with Crippen molar-refractivity contribution >= 4 is 24.6 Å². The Labute approximate surface area is 100 Å². The van der Waals surface area contributed by atoms with Crippen molar-refractivity contribution in [3.8, 4) is 0 Å². The van der Waals surface area contributed by atoms with E-state index < -0.39 is 11.9 Å². The number of nitrogens with zero attached hydrogens (tertiary/aromatic N) is 1. The van der Waals surface area contributed by atoms with Crippen LogP contribution in [0.1, 0.15) is 12.8 Å². The molecule has 1 aliphatic rings. The molecule has 0 aliphatic carbocycles. The lowest BCUT2D eigenvalue weighted by atomic mass is 10.1. The number of carboxylic acid groups (broad SMARTS) is 2. The first-order valence-electron chi connectivity index (χ1n) is 4.92. The normalized spacial score (nSPS) is 21.2. The highest BCUT2D eigenvalue weighted by Crippen LogP contribution is 2.12. The molecule has 0 saturated carbocycles. The van der Waals surface area contributed by atoms with Crippen LogP contribution in [0.5, 0.6) is 0 Å². The van der Waals surface area contributed by atoms with Gasteiger partial charge in [0.1, 0.15) is 0 Å². The molecular formula is C10H17NO4S. The minimum atomic E-state index is -1.26. The van der Waals surface area contributed by atoms with Gasteiger partial charge in [-0.05, 0) is 26.4 Å². The Balaban J connectivity index is 0.000000281. The maximum atomic E-state index is 9.55. The van der Waals surface area contributed by atoms with Crippen molar-refractivity contribution in [2.75, 3.05) is 20.1 Å². The van der Waals surface area contributed by atoms with Crippen LogP contribution in [-0.4, -0.2) is 52.4 Å². The predicted octanol–water partition coefficient (Wildman–Crippen LogP) is 0.722. The fourth-order valence-electron chi connectivity index (χ4n) is 1.28. The van der Waals surface area contributed by atoms with Gasteiger partial charge >= 0.3 is 11.9 Å². The Morgan fingerprint density at radius 2 is 1.81 bits per heavy atom. The second-order valence-corrected chi connectivity index (χ2v) is 4.30. The molecule has 1 aliphatic heterocycles. The molecule has 0 spiro atoms. The van der Waals surface area contributed by atoms with Crippen LogP contribution in [0.4, 0.5) is 0 Å². The predicted molar refractivity (Wildman–Crippen MR) is 63.9 cm³/mol. The van der Waals surface area contributed by atoms with E-state index in [1.165, 1.54) is 25.9 Å². The van der Waals surface area contributed by atoms with Gasteiger partial charge in [0.2, 0.25) is 0 Å². The molecule has 6 heteroatoms. The summed E-state index contributed by atoms with van der Waals surface area (Å²) >= 11 is 4.38. The number of hydrogen-bond acceptors (Lipinski definition) is 4. The van der Waals surface area contributed by atoms with Crippen LogP contribution >= 0.6 is 12.6 Å². The van der Waals surface area contributed by atoms with Crippen molar-refractivity contribution in [3.05, 3.63) is 12.2 Å². The molecule has 0 aromatic carbocycles. The zero-order valence-corrected chi connectivity index (χ0v) is 10.1. The highest BCUT2D eigenvalue weighted by Gasteiger charge is 2.11. The minimum absolute atomic E-state index is 0.558. The summed E-state index contributed by atoms with van der Waals surface area (Å²) in [6.45, 7) is 2.43. The van der Waals surface area contributed by atoms with Gasteiger partial charge in [0.15, 0.2) is 0 Å². The molecule has 5 nitrogen and oxygen atoms in total. The number of thiol groups is 1. The molecule has 1 unspecified atom stereocenters. The highest BCUT2D eigenvalue weighted by atomic mass is 32.1. The van der Waals surface area contributed by atoms with Gasteiger partial charge < -0.3 is 15.1 Å². The number of carboxylic acids is 2. The average molecular weight is 247 g/mol. The Morgan fingerprint density at radius 1 is 1.31 bits per heavy atom. The summed E-state index contributed by atoms with van der Waals surface area (Å²) < 4.78 is 0. The number of likely N-dealkylation sites (tertiary alicyclic amines) is 1. The molecule has 0 radical (unpaired) electrons. The third kappa shape index (κ3) is 9.54. The molecule has 1 rings (SSSR count). The first-order valence-corrected chi connectivity index (χ1v) is 5.44. The maximum absolute atomic E-state index is 9.55. The van der Waals surface area contributed by atoms with E-state index >= 15 is 0 Å². The van der Waals surface area contributed by atoms with Crippen LogP contribution in [-0.2, 0) is 9.59 Å². The third-order valence-electron chi connectivity index (χ3n) is 1.97. The summed E-state index contributed by atoms with van der Waals surface area (Å²) in [4.78, 5) is 21.4. The van der Waals surface area contributed by atoms with Gasteiger partial charge in [0.05, 0.1) is 0 Å². The Morgan fingerprint density at radius 3 is 2.06 bits per heavy atom. The first-order chi connectivity index (χ1) is 7.41. The molecule has 1 heterocycles. The van der Waals surface area contributed by atoms with Gasteiger partial charge in [0, 0.05) is 23.9 Å². The SMILES string of the molecule is CN1CCCC(S)C1.O=C(O)/C=C/C(=O)O. The molecule has 1 fully saturated rings. The van der Waals surface area contributed by atoms with Crippen LogP contribution in [0, 0.1) is 0 Å². The molecule has 1 atom stereocenters. The van der Waals surface area contributed by atoms with Crippen molar-refractivity contribution < 1.29 is 19.8 Å². The molecule has 1 saturated heterocycles. The van der Waals surface area contributed by atoms with E-state index in [2.05, 4.69) is 24.6 Å². The Hall–Kier alpha value is -1.01. The molecule has 0 amide bonds. The van der Waals surface area contributed by atoms with Crippen LogP contribution in [0.25, 0.3) is 0 Å². The number of carbonyl (C=O) groups is 2.